The van der Waals surface area contributed by atoms with Crippen molar-refractivity contribution in [3.63, 3.8) is 0 Å². The topological polar surface area (TPSA) is 114 Å². The Bertz CT molecular complexity index is 826. The van der Waals surface area contributed by atoms with E-state index in [0.29, 0.717) is 11.6 Å². The molecular weight excluding hydrogens is 350 g/mol. The molecule has 0 aliphatic rings. The molecule has 27 heavy (non-hydrogen) atoms. The van der Waals surface area contributed by atoms with Crippen molar-refractivity contribution < 1.29 is 19.1 Å². The van der Waals surface area contributed by atoms with Gasteiger partial charge in [-0.25, -0.2) is 14.8 Å². The van der Waals surface area contributed by atoms with Crippen LogP contribution in [0, 0.1) is 13.8 Å². The molecular formula is C18H21N5O4. The van der Waals surface area contributed by atoms with Gasteiger partial charge in [0.05, 0.1) is 0 Å². The molecule has 0 saturated heterocycles. The number of carbonyl (C=O) groups excluding carboxylic acids is 3. The monoisotopic (exact) mass is 371 g/mol. The van der Waals surface area contributed by atoms with Crippen molar-refractivity contribution in [1.29, 1.82) is 0 Å². The zero-order valence-electron chi connectivity index (χ0n) is 15.4. The number of nitrogens with one attached hydrogen (secondary N) is 2. The molecule has 142 valence electrons. The minimum Gasteiger partial charge on any atom is -0.454 e. The van der Waals surface area contributed by atoms with Crippen LogP contribution in [-0.2, 0) is 14.3 Å². The molecule has 1 aromatic heterocycles. The van der Waals surface area contributed by atoms with E-state index in [1.165, 1.54) is 4.90 Å². The standard InChI is InChI=1S/C18H21N5O4/c1-12-5-6-14(9-13(12)2)21-18(26)22-15(24)11-27-16(25)10-23(3)17-19-7-4-8-20-17/h4-9H,10-11H2,1-3H3,(H2,21,22,24,26). The number of rotatable bonds is 6. The summed E-state index contributed by atoms with van der Waals surface area (Å²) in [5.41, 5.74) is 2.67. The Balaban J connectivity index is 1.74. The molecule has 9 heteroatoms. The third-order valence-electron chi connectivity index (χ3n) is 3.64. The van der Waals surface area contributed by atoms with Gasteiger partial charge in [0.25, 0.3) is 5.91 Å². The average Bonchev–Trinajstić information content (AvgIpc) is 2.63. The largest absolute Gasteiger partial charge is 0.454 e. The maximum atomic E-state index is 11.8. The van der Waals surface area contributed by atoms with E-state index < -0.39 is 24.5 Å². The lowest BCUT2D eigenvalue weighted by Gasteiger charge is -2.15. The van der Waals surface area contributed by atoms with Crippen LogP contribution in [0.15, 0.2) is 36.7 Å². The number of esters is 1. The van der Waals surface area contributed by atoms with Crippen molar-refractivity contribution in [2.75, 3.05) is 30.4 Å². The van der Waals surface area contributed by atoms with Crippen LogP contribution >= 0.6 is 0 Å². The summed E-state index contributed by atoms with van der Waals surface area (Å²) in [7, 11) is 1.62. The lowest BCUT2D eigenvalue weighted by Crippen LogP contribution is -2.38. The highest BCUT2D eigenvalue weighted by Gasteiger charge is 2.14. The fourth-order valence-electron chi connectivity index (χ4n) is 2.09. The Morgan fingerprint density at radius 3 is 2.48 bits per heavy atom. The Labute approximate surface area is 156 Å². The second kappa shape index (κ2) is 9.27. The molecule has 0 spiro atoms. The Morgan fingerprint density at radius 1 is 1.11 bits per heavy atom. The van der Waals surface area contributed by atoms with E-state index in [9.17, 15) is 14.4 Å². The number of nitrogens with zero attached hydrogens (tertiary/aromatic N) is 3. The van der Waals surface area contributed by atoms with E-state index in [2.05, 4.69) is 20.6 Å². The second-order valence-corrected chi connectivity index (χ2v) is 5.87. The van der Waals surface area contributed by atoms with E-state index in [1.807, 2.05) is 19.9 Å². The van der Waals surface area contributed by atoms with Crippen LogP contribution in [0.2, 0.25) is 0 Å². The number of hydrogen-bond acceptors (Lipinski definition) is 7. The lowest BCUT2D eigenvalue weighted by molar-refractivity contribution is -0.146. The molecule has 2 rings (SSSR count). The highest BCUT2D eigenvalue weighted by atomic mass is 16.5. The van der Waals surface area contributed by atoms with Gasteiger partial charge in [-0.1, -0.05) is 6.07 Å². The van der Waals surface area contributed by atoms with Crippen LogP contribution in [-0.4, -0.2) is 48.1 Å². The molecule has 9 nitrogen and oxygen atoms in total. The van der Waals surface area contributed by atoms with Gasteiger partial charge in [-0.2, -0.15) is 0 Å². The number of aryl methyl sites for hydroxylation is 2. The molecule has 0 saturated carbocycles. The van der Waals surface area contributed by atoms with Crippen LogP contribution < -0.4 is 15.5 Å². The summed E-state index contributed by atoms with van der Waals surface area (Å²) < 4.78 is 4.85. The van der Waals surface area contributed by atoms with Gasteiger partial charge in [0.15, 0.2) is 6.61 Å². The van der Waals surface area contributed by atoms with Crippen LogP contribution in [0.3, 0.4) is 0 Å². The van der Waals surface area contributed by atoms with Gasteiger partial charge in [0, 0.05) is 25.1 Å². The summed E-state index contributed by atoms with van der Waals surface area (Å²) >= 11 is 0. The first-order valence-electron chi connectivity index (χ1n) is 8.17. The van der Waals surface area contributed by atoms with Crippen molar-refractivity contribution in [1.82, 2.24) is 15.3 Å². The molecule has 2 aromatic rings. The van der Waals surface area contributed by atoms with Crippen molar-refractivity contribution >= 4 is 29.5 Å². The van der Waals surface area contributed by atoms with E-state index in [-0.39, 0.29) is 6.54 Å². The number of amides is 3. The maximum absolute atomic E-state index is 11.8. The number of urea groups is 1. The van der Waals surface area contributed by atoms with E-state index in [1.54, 1.807) is 37.6 Å². The van der Waals surface area contributed by atoms with Crippen molar-refractivity contribution in [2.45, 2.75) is 13.8 Å². The SMILES string of the molecule is Cc1ccc(NC(=O)NC(=O)COC(=O)CN(C)c2ncccn2)cc1C. The summed E-state index contributed by atoms with van der Waals surface area (Å²) in [4.78, 5) is 44.8. The molecule has 0 aliphatic carbocycles. The van der Waals surface area contributed by atoms with Gasteiger partial charge in [-0.15, -0.1) is 0 Å². The summed E-state index contributed by atoms with van der Waals surface area (Å²) in [6.07, 6.45) is 3.09. The zero-order chi connectivity index (χ0) is 19.8. The molecule has 0 unspecified atom stereocenters. The molecule has 0 aliphatic heterocycles. The fourth-order valence-corrected chi connectivity index (χ4v) is 2.09. The normalized spacial score (nSPS) is 10.0. The van der Waals surface area contributed by atoms with Crippen molar-refractivity contribution in [2.24, 2.45) is 0 Å². The van der Waals surface area contributed by atoms with Crippen LogP contribution in [0.25, 0.3) is 0 Å². The quantitative estimate of drug-likeness (QED) is 0.738. The van der Waals surface area contributed by atoms with E-state index in [0.717, 1.165) is 11.1 Å². The fraction of sp³-hybridized carbons (Fsp3) is 0.278. The summed E-state index contributed by atoms with van der Waals surface area (Å²) in [5.74, 6) is -1.02. The predicted octanol–water partition coefficient (Wildman–Crippen LogP) is 1.42. The molecule has 1 heterocycles. The van der Waals surface area contributed by atoms with Gasteiger partial charge >= 0.3 is 12.0 Å². The van der Waals surface area contributed by atoms with Gasteiger partial charge < -0.3 is 15.0 Å². The van der Waals surface area contributed by atoms with Gasteiger partial charge in [-0.3, -0.25) is 14.9 Å². The van der Waals surface area contributed by atoms with Crippen molar-refractivity contribution in [3.8, 4) is 0 Å². The van der Waals surface area contributed by atoms with Crippen LogP contribution in [0.4, 0.5) is 16.4 Å². The summed E-state index contributed by atoms with van der Waals surface area (Å²) in [6.45, 7) is 3.17. The third kappa shape index (κ3) is 6.38. The number of aromatic nitrogens is 2. The van der Waals surface area contributed by atoms with Crippen LogP contribution in [0.5, 0.6) is 0 Å². The molecule has 3 amide bonds. The minimum atomic E-state index is -0.733. The number of anilines is 2. The maximum Gasteiger partial charge on any atom is 0.326 e. The Morgan fingerprint density at radius 2 is 1.81 bits per heavy atom. The molecule has 2 N–H and O–H groups in total. The first kappa shape index (κ1) is 19.8. The van der Waals surface area contributed by atoms with Gasteiger partial charge in [0.1, 0.15) is 6.54 Å². The zero-order valence-corrected chi connectivity index (χ0v) is 15.4. The van der Waals surface area contributed by atoms with E-state index in [4.69, 9.17) is 4.74 Å². The van der Waals surface area contributed by atoms with Crippen LogP contribution in [0.1, 0.15) is 11.1 Å². The number of carbonyl (C=O) groups is 3. The summed E-state index contributed by atoms with van der Waals surface area (Å²) in [5, 5.41) is 4.64. The first-order valence-corrected chi connectivity index (χ1v) is 8.17. The number of ether oxygens (including phenoxy) is 1. The molecule has 0 fully saturated rings. The first-order chi connectivity index (χ1) is 12.8. The molecule has 0 bridgehead atoms. The number of likely N-dealkylation sites (N-methyl/N-ethyl adjacent to an activating group) is 1. The number of imide groups is 1. The lowest BCUT2D eigenvalue weighted by atomic mass is 10.1. The highest BCUT2D eigenvalue weighted by Crippen LogP contribution is 2.13. The average molecular weight is 371 g/mol. The minimum absolute atomic E-state index is 0.133. The molecule has 1 aromatic carbocycles. The highest BCUT2D eigenvalue weighted by molar-refractivity contribution is 6.01. The third-order valence-corrected chi connectivity index (χ3v) is 3.64. The number of hydrogen-bond donors (Lipinski definition) is 2. The predicted molar refractivity (Wildman–Crippen MR) is 99.3 cm³/mol. The van der Waals surface area contributed by atoms with Gasteiger partial charge in [-0.05, 0) is 43.2 Å². The van der Waals surface area contributed by atoms with Gasteiger partial charge in [0.2, 0.25) is 5.95 Å². The number of benzene rings is 1. The summed E-state index contributed by atoms with van der Waals surface area (Å²) in [6, 6.07) is 6.34. The Kier molecular flexibility index (Phi) is 6.81. The van der Waals surface area contributed by atoms with E-state index >= 15 is 0 Å². The molecule has 0 atom stereocenters. The smallest absolute Gasteiger partial charge is 0.326 e. The van der Waals surface area contributed by atoms with Crippen molar-refractivity contribution in [3.05, 3.63) is 47.8 Å². The second-order valence-electron chi connectivity index (χ2n) is 5.87. The Hall–Kier alpha value is -3.49. The molecule has 0 radical (unpaired) electrons.